The number of benzene rings is 2. The summed E-state index contributed by atoms with van der Waals surface area (Å²) in [5, 5.41) is 18.7. The quantitative estimate of drug-likeness (QED) is 0.806. The van der Waals surface area contributed by atoms with Crippen LogP contribution in [0, 0.1) is 6.07 Å². The van der Waals surface area contributed by atoms with Crippen molar-refractivity contribution >= 4 is 5.97 Å². The maximum atomic E-state index is 10.8. The number of phenols is 1. The second kappa shape index (κ2) is 4.06. The van der Waals surface area contributed by atoms with E-state index in [-0.39, 0.29) is 11.3 Å². The van der Waals surface area contributed by atoms with Crippen LogP contribution in [0.4, 0.5) is 0 Å². The average molecular weight is 213 g/mol. The minimum absolute atomic E-state index is 0.138. The van der Waals surface area contributed by atoms with Gasteiger partial charge in [-0.3, -0.25) is 0 Å². The van der Waals surface area contributed by atoms with E-state index in [0.717, 1.165) is 5.56 Å². The Morgan fingerprint density at radius 2 is 1.81 bits per heavy atom. The molecule has 0 aliphatic heterocycles. The van der Waals surface area contributed by atoms with Gasteiger partial charge in [0.1, 0.15) is 11.3 Å². The van der Waals surface area contributed by atoms with Gasteiger partial charge in [-0.2, -0.15) is 0 Å². The Kier molecular flexibility index (Phi) is 2.60. The molecule has 0 saturated carbocycles. The second-order valence-corrected chi connectivity index (χ2v) is 3.30. The van der Waals surface area contributed by atoms with Gasteiger partial charge in [0.25, 0.3) is 0 Å². The Hall–Kier alpha value is -2.29. The van der Waals surface area contributed by atoms with Gasteiger partial charge < -0.3 is 10.2 Å². The Morgan fingerprint density at radius 1 is 1.12 bits per heavy atom. The molecule has 0 bridgehead atoms. The van der Waals surface area contributed by atoms with Crippen LogP contribution in [0.15, 0.2) is 42.5 Å². The molecule has 0 fully saturated rings. The highest BCUT2D eigenvalue weighted by Gasteiger charge is 2.13. The molecule has 0 heterocycles. The first-order valence-electron chi connectivity index (χ1n) is 4.72. The third-order valence-electron chi connectivity index (χ3n) is 2.28. The van der Waals surface area contributed by atoms with Gasteiger partial charge >= 0.3 is 5.97 Å². The van der Waals surface area contributed by atoms with Crippen LogP contribution in [0.1, 0.15) is 10.4 Å². The monoisotopic (exact) mass is 213 g/mol. The van der Waals surface area contributed by atoms with Crippen LogP contribution >= 0.6 is 0 Å². The highest BCUT2D eigenvalue weighted by molar-refractivity contribution is 5.94. The molecular weight excluding hydrogens is 204 g/mol. The lowest BCUT2D eigenvalue weighted by Gasteiger charge is -2.06. The highest BCUT2D eigenvalue weighted by Crippen LogP contribution is 2.31. The Morgan fingerprint density at radius 3 is 2.44 bits per heavy atom. The van der Waals surface area contributed by atoms with Crippen molar-refractivity contribution in [3.8, 4) is 16.9 Å². The molecule has 0 amide bonds. The maximum Gasteiger partial charge on any atom is 0.339 e. The summed E-state index contributed by atoms with van der Waals surface area (Å²) in [5.41, 5.74) is 1.10. The molecule has 16 heavy (non-hydrogen) atoms. The SMILES string of the molecule is O=C(O)c1c[c]cc(-c2ccccc2)c1O. The minimum atomic E-state index is -1.16. The van der Waals surface area contributed by atoms with Crippen molar-refractivity contribution in [3.05, 3.63) is 54.1 Å². The lowest BCUT2D eigenvalue weighted by Crippen LogP contribution is -1.97. The molecule has 0 atom stereocenters. The molecular formula is C13H9O3. The van der Waals surface area contributed by atoms with Crippen LogP contribution in [0.25, 0.3) is 11.1 Å². The Balaban J connectivity index is 2.59. The third kappa shape index (κ3) is 1.75. The largest absolute Gasteiger partial charge is 0.506 e. The van der Waals surface area contributed by atoms with Crippen molar-refractivity contribution in [2.24, 2.45) is 0 Å². The van der Waals surface area contributed by atoms with E-state index in [0.29, 0.717) is 5.56 Å². The smallest absolute Gasteiger partial charge is 0.339 e. The lowest BCUT2D eigenvalue weighted by atomic mass is 10.0. The molecule has 0 aromatic heterocycles. The van der Waals surface area contributed by atoms with E-state index in [2.05, 4.69) is 6.07 Å². The molecule has 1 radical (unpaired) electrons. The van der Waals surface area contributed by atoms with Crippen LogP contribution in [-0.4, -0.2) is 16.2 Å². The highest BCUT2D eigenvalue weighted by atomic mass is 16.4. The van der Waals surface area contributed by atoms with E-state index in [1.54, 1.807) is 18.2 Å². The number of hydrogen-bond donors (Lipinski definition) is 2. The van der Waals surface area contributed by atoms with E-state index < -0.39 is 5.97 Å². The van der Waals surface area contributed by atoms with Gasteiger partial charge in [0.05, 0.1) is 0 Å². The molecule has 2 aromatic carbocycles. The van der Waals surface area contributed by atoms with E-state index in [9.17, 15) is 9.90 Å². The molecule has 79 valence electrons. The summed E-state index contributed by atoms with van der Waals surface area (Å²) >= 11 is 0. The van der Waals surface area contributed by atoms with Crippen molar-refractivity contribution < 1.29 is 15.0 Å². The average Bonchev–Trinajstić information content (AvgIpc) is 2.30. The van der Waals surface area contributed by atoms with Crippen molar-refractivity contribution in [2.45, 2.75) is 0 Å². The van der Waals surface area contributed by atoms with Crippen LogP contribution in [0.5, 0.6) is 5.75 Å². The zero-order chi connectivity index (χ0) is 11.5. The van der Waals surface area contributed by atoms with E-state index in [1.807, 2.05) is 18.2 Å². The normalized spacial score (nSPS) is 10.0. The molecule has 0 aliphatic rings. The van der Waals surface area contributed by atoms with Gasteiger partial charge in [0.2, 0.25) is 0 Å². The van der Waals surface area contributed by atoms with Gasteiger partial charge in [-0.05, 0) is 23.8 Å². The third-order valence-corrected chi connectivity index (χ3v) is 2.28. The summed E-state index contributed by atoms with van der Waals surface area (Å²) in [6.45, 7) is 0. The van der Waals surface area contributed by atoms with Crippen molar-refractivity contribution in [3.63, 3.8) is 0 Å². The van der Waals surface area contributed by atoms with Gasteiger partial charge in [0, 0.05) is 5.56 Å². The summed E-state index contributed by atoms with van der Waals surface area (Å²) in [5.74, 6) is -1.39. The van der Waals surface area contributed by atoms with Crippen LogP contribution in [-0.2, 0) is 0 Å². The predicted molar refractivity (Wildman–Crippen MR) is 59.3 cm³/mol. The zero-order valence-electron chi connectivity index (χ0n) is 8.34. The summed E-state index contributed by atoms with van der Waals surface area (Å²) in [7, 11) is 0. The number of carboxylic acid groups (broad SMARTS) is 1. The van der Waals surface area contributed by atoms with Crippen LogP contribution < -0.4 is 0 Å². The van der Waals surface area contributed by atoms with Gasteiger partial charge in [-0.25, -0.2) is 4.79 Å². The summed E-state index contributed by atoms with van der Waals surface area (Å²) in [6, 6.07) is 14.6. The van der Waals surface area contributed by atoms with Crippen molar-refractivity contribution in [1.29, 1.82) is 0 Å². The lowest BCUT2D eigenvalue weighted by molar-refractivity contribution is 0.0694. The number of carbonyl (C=O) groups is 1. The number of carboxylic acids is 1. The molecule has 2 N–H and O–H groups in total. The molecule has 2 rings (SSSR count). The Labute approximate surface area is 92.6 Å². The maximum absolute atomic E-state index is 10.8. The number of aromatic hydroxyl groups is 1. The fraction of sp³-hybridized carbons (Fsp3) is 0. The molecule has 0 saturated heterocycles. The summed E-state index contributed by atoms with van der Waals surface area (Å²) in [4.78, 5) is 10.8. The number of aromatic carboxylic acids is 1. The van der Waals surface area contributed by atoms with Crippen LogP contribution in [0.3, 0.4) is 0 Å². The second-order valence-electron chi connectivity index (χ2n) is 3.30. The van der Waals surface area contributed by atoms with Crippen LogP contribution in [0.2, 0.25) is 0 Å². The standard InChI is InChI=1S/C13H9O3/c14-12-10(9-5-2-1-3-6-9)7-4-8-11(12)13(15)16/h1-3,5-8,14H,(H,15,16). The fourth-order valence-electron chi connectivity index (χ4n) is 1.49. The molecule has 0 unspecified atom stereocenters. The molecule has 3 heteroatoms. The summed E-state index contributed by atoms with van der Waals surface area (Å²) < 4.78 is 0. The van der Waals surface area contributed by atoms with Gasteiger partial charge in [0.15, 0.2) is 0 Å². The topological polar surface area (TPSA) is 57.5 Å². The predicted octanol–water partition coefficient (Wildman–Crippen LogP) is 2.56. The first kappa shape index (κ1) is 10.2. The van der Waals surface area contributed by atoms with Gasteiger partial charge in [-0.1, -0.05) is 30.3 Å². The van der Waals surface area contributed by atoms with E-state index in [4.69, 9.17) is 5.11 Å². The number of hydrogen-bond acceptors (Lipinski definition) is 2. The van der Waals surface area contributed by atoms with Crippen molar-refractivity contribution in [2.75, 3.05) is 0 Å². The molecule has 3 nitrogen and oxygen atoms in total. The first-order chi connectivity index (χ1) is 7.70. The molecule has 0 spiro atoms. The van der Waals surface area contributed by atoms with Crippen molar-refractivity contribution in [1.82, 2.24) is 0 Å². The minimum Gasteiger partial charge on any atom is -0.506 e. The zero-order valence-corrected chi connectivity index (χ0v) is 8.34. The summed E-state index contributed by atoms with van der Waals surface area (Å²) in [6.07, 6.45) is 0. The van der Waals surface area contributed by atoms with E-state index >= 15 is 0 Å². The molecule has 2 aromatic rings. The Bertz CT molecular complexity index is 518. The van der Waals surface area contributed by atoms with E-state index in [1.165, 1.54) is 6.07 Å². The fourth-order valence-corrected chi connectivity index (χ4v) is 1.49. The number of rotatable bonds is 2. The van der Waals surface area contributed by atoms with Gasteiger partial charge in [-0.15, -0.1) is 0 Å². The first-order valence-corrected chi connectivity index (χ1v) is 4.72. The molecule has 0 aliphatic carbocycles.